The molecule has 0 radical (unpaired) electrons. The van der Waals surface area contributed by atoms with E-state index in [9.17, 15) is 9.59 Å². The Hall–Kier alpha value is -1.58. The molecule has 0 amide bonds. The summed E-state index contributed by atoms with van der Waals surface area (Å²) < 4.78 is 12.0. The third-order valence-corrected chi connectivity index (χ3v) is 17.5. The fourth-order valence-corrected chi connectivity index (χ4v) is 15.6. The highest BCUT2D eigenvalue weighted by atomic mass is 16.6. The number of ether oxygens (including phenoxy) is 2. The number of hydrogen-bond donors (Lipinski definition) is 0. The lowest BCUT2D eigenvalue weighted by Gasteiger charge is -2.64. The van der Waals surface area contributed by atoms with Crippen molar-refractivity contribution < 1.29 is 19.1 Å². The predicted octanol–water partition coefficient (Wildman–Crippen LogP) is 10.4. The van der Waals surface area contributed by atoms with E-state index in [4.69, 9.17) is 9.47 Å². The molecule has 0 aliphatic heterocycles. The van der Waals surface area contributed by atoms with Crippen molar-refractivity contribution in [3.05, 3.63) is 24.3 Å². The first-order valence-electron chi connectivity index (χ1n) is 19.8. The highest BCUT2D eigenvalue weighted by molar-refractivity contribution is 5.91. The van der Waals surface area contributed by atoms with Crippen molar-refractivity contribution in [3.8, 4) is 0 Å². The van der Waals surface area contributed by atoms with Gasteiger partial charge in [-0.3, -0.25) is 9.59 Å². The van der Waals surface area contributed by atoms with Crippen LogP contribution >= 0.6 is 0 Å². The van der Waals surface area contributed by atoms with E-state index in [1.54, 1.807) is 0 Å². The molecular formula is C43H64O4. The van der Waals surface area contributed by atoms with Crippen LogP contribution in [0, 0.1) is 67.0 Å². The molecule has 260 valence electrons. The SMILES string of the molecule is C[C@@]12C=C[C@]3(CC[C@H]4[C@@](C)(COC(=O)CC(=O)OC[C@@]5(C)CCC[C@@]6(C)[C@H]5CC[C@]57C=C[C@](C)(CC[C@@H]56)C7)CCC[C@]4(C)[C@H]3CC1)C2. The maximum absolute atomic E-state index is 13.2. The average molecular weight is 645 g/mol. The van der Waals surface area contributed by atoms with Crippen LogP contribution < -0.4 is 0 Å². The Morgan fingerprint density at radius 1 is 0.532 bits per heavy atom. The summed E-state index contributed by atoms with van der Waals surface area (Å²) in [5.74, 6) is 1.78. The Morgan fingerprint density at radius 2 is 0.936 bits per heavy atom. The van der Waals surface area contributed by atoms with E-state index in [0.29, 0.717) is 57.5 Å². The third-order valence-electron chi connectivity index (χ3n) is 17.5. The van der Waals surface area contributed by atoms with E-state index in [1.807, 2.05) is 0 Å². The molecule has 6 saturated carbocycles. The van der Waals surface area contributed by atoms with Crippen LogP contribution in [0.25, 0.3) is 0 Å². The van der Waals surface area contributed by atoms with Crippen molar-refractivity contribution in [2.75, 3.05) is 13.2 Å². The Balaban J connectivity index is 0.872. The molecule has 0 aromatic heterocycles. The highest BCUT2D eigenvalue weighted by Gasteiger charge is 2.65. The van der Waals surface area contributed by atoms with Gasteiger partial charge in [0.15, 0.2) is 0 Å². The Morgan fingerprint density at radius 3 is 1.36 bits per heavy atom. The number of allylic oxidation sites excluding steroid dienone is 4. The maximum Gasteiger partial charge on any atom is 0.317 e. The summed E-state index contributed by atoms with van der Waals surface area (Å²) in [6.45, 7) is 15.7. The minimum absolute atomic E-state index is 0.0271. The van der Waals surface area contributed by atoms with Crippen molar-refractivity contribution in [2.45, 2.75) is 151 Å². The second-order valence-corrected chi connectivity index (χ2v) is 20.7. The first-order chi connectivity index (χ1) is 22.1. The van der Waals surface area contributed by atoms with Gasteiger partial charge in [-0.2, -0.15) is 0 Å². The molecule has 8 aliphatic rings. The molecule has 2 spiro atoms. The number of hydrogen-bond acceptors (Lipinski definition) is 4. The van der Waals surface area contributed by atoms with Crippen molar-refractivity contribution in [1.82, 2.24) is 0 Å². The summed E-state index contributed by atoms with van der Waals surface area (Å²) in [4.78, 5) is 26.3. The van der Waals surface area contributed by atoms with Gasteiger partial charge in [-0.25, -0.2) is 0 Å². The van der Waals surface area contributed by atoms with Gasteiger partial charge in [-0.1, -0.05) is 78.7 Å². The second kappa shape index (κ2) is 10.5. The van der Waals surface area contributed by atoms with Gasteiger partial charge in [0.2, 0.25) is 0 Å². The van der Waals surface area contributed by atoms with E-state index in [2.05, 4.69) is 65.8 Å². The molecular weight excluding hydrogens is 580 g/mol. The lowest BCUT2D eigenvalue weighted by Crippen LogP contribution is -2.58. The molecule has 0 unspecified atom stereocenters. The van der Waals surface area contributed by atoms with Crippen LogP contribution in [0.15, 0.2) is 24.3 Å². The second-order valence-electron chi connectivity index (χ2n) is 20.7. The average Bonchev–Trinajstić information content (AvgIpc) is 3.40. The van der Waals surface area contributed by atoms with Crippen LogP contribution in [0.4, 0.5) is 0 Å². The van der Waals surface area contributed by atoms with Gasteiger partial charge in [0.25, 0.3) is 0 Å². The lowest BCUT2D eigenvalue weighted by molar-refractivity contribution is -0.178. The Kier molecular flexibility index (Phi) is 7.27. The Bertz CT molecular complexity index is 1280. The minimum atomic E-state index is -0.403. The molecule has 12 atom stereocenters. The maximum atomic E-state index is 13.2. The molecule has 0 saturated heterocycles. The molecule has 0 aromatic rings. The first kappa shape index (κ1) is 32.6. The predicted molar refractivity (Wildman–Crippen MR) is 186 cm³/mol. The van der Waals surface area contributed by atoms with Gasteiger partial charge in [0.1, 0.15) is 6.42 Å². The molecule has 0 aromatic carbocycles. The van der Waals surface area contributed by atoms with E-state index in [0.717, 1.165) is 24.7 Å². The Labute approximate surface area is 285 Å². The zero-order chi connectivity index (χ0) is 33.1. The standard InChI is InChI=1S/C43H64O4/c1-36-17-9-32-40(5)15-7-13-38(3,30(40)11-19-42(32,26-36)23-21-36)28-46-34(44)25-35(45)47-29-39(4)14-8-16-41(6)31(39)12-20-43-24-22-37(2,27-43)18-10-33(41)43/h21-24,30-33H,7-20,25-29H2,1-6H3/t30-,31-,32+,33+,36-,37-,38+,39+,40-,41-,42+,43+/m0/s1. The minimum Gasteiger partial charge on any atom is -0.465 e. The monoisotopic (exact) mass is 644 g/mol. The van der Waals surface area contributed by atoms with Gasteiger partial charge in [0, 0.05) is 10.8 Å². The van der Waals surface area contributed by atoms with E-state index >= 15 is 0 Å². The van der Waals surface area contributed by atoms with Crippen LogP contribution in [-0.2, 0) is 19.1 Å². The van der Waals surface area contributed by atoms with Gasteiger partial charge in [-0.05, 0) is 146 Å². The molecule has 0 heterocycles. The molecule has 4 heteroatoms. The fourth-order valence-electron chi connectivity index (χ4n) is 15.6. The number of rotatable bonds is 6. The zero-order valence-corrected chi connectivity index (χ0v) is 30.7. The third kappa shape index (κ3) is 4.85. The van der Waals surface area contributed by atoms with E-state index < -0.39 is 11.9 Å². The molecule has 47 heavy (non-hydrogen) atoms. The lowest BCUT2D eigenvalue weighted by atomic mass is 9.40. The normalized spacial score (nSPS) is 53.7. The van der Waals surface area contributed by atoms with Gasteiger partial charge in [0.05, 0.1) is 13.2 Å². The highest BCUT2D eigenvalue weighted by Crippen LogP contribution is 2.73. The molecule has 8 aliphatic carbocycles. The molecule has 4 bridgehead atoms. The summed E-state index contributed by atoms with van der Waals surface area (Å²) in [5.41, 5.74) is 2.10. The summed E-state index contributed by atoms with van der Waals surface area (Å²) in [6.07, 6.45) is 30.2. The molecule has 6 fully saturated rings. The molecule has 4 nitrogen and oxygen atoms in total. The van der Waals surface area contributed by atoms with Crippen LogP contribution in [0.5, 0.6) is 0 Å². The van der Waals surface area contributed by atoms with Crippen molar-refractivity contribution in [1.29, 1.82) is 0 Å². The van der Waals surface area contributed by atoms with Crippen LogP contribution in [0.1, 0.15) is 151 Å². The van der Waals surface area contributed by atoms with Crippen molar-refractivity contribution in [2.24, 2.45) is 67.0 Å². The summed E-state index contributed by atoms with van der Waals surface area (Å²) >= 11 is 0. The van der Waals surface area contributed by atoms with Crippen LogP contribution in [0.2, 0.25) is 0 Å². The molecule has 0 N–H and O–H groups in total. The number of fused-ring (bicyclic) bond motifs is 6. The number of esters is 2. The van der Waals surface area contributed by atoms with Gasteiger partial charge < -0.3 is 9.47 Å². The molecule has 8 rings (SSSR count). The first-order valence-corrected chi connectivity index (χ1v) is 19.8. The van der Waals surface area contributed by atoms with Gasteiger partial charge in [-0.15, -0.1) is 0 Å². The largest absolute Gasteiger partial charge is 0.465 e. The van der Waals surface area contributed by atoms with Crippen LogP contribution in [0.3, 0.4) is 0 Å². The summed E-state index contributed by atoms with van der Waals surface area (Å²) in [5, 5.41) is 0. The number of carbonyl (C=O) groups is 2. The van der Waals surface area contributed by atoms with Crippen molar-refractivity contribution >= 4 is 11.9 Å². The number of carbonyl (C=O) groups excluding carboxylic acids is 2. The van der Waals surface area contributed by atoms with Crippen LogP contribution in [-0.4, -0.2) is 25.2 Å². The summed E-state index contributed by atoms with van der Waals surface area (Å²) in [6, 6.07) is 0. The zero-order valence-electron chi connectivity index (χ0n) is 30.7. The fraction of sp³-hybridized carbons (Fsp3) is 0.860. The van der Waals surface area contributed by atoms with E-state index in [-0.39, 0.29) is 17.3 Å². The van der Waals surface area contributed by atoms with Crippen molar-refractivity contribution in [3.63, 3.8) is 0 Å². The summed E-state index contributed by atoms with van der Waals surface area (Å²) in [7, 11) is 0. The van der Waals surface area contributed by atoms with E-state index in [1.165, 1.54) is 89.9 Å². The topological polar surface area (TPSA) is 52.6 Å². The quantitative estimate of drug-likeness (QED) is 0.164. The van der Waals surface area contributed by atoms with Gasteiger partial charge >= 0.3 is 11.9 Å². The smallest absolute Gasteiger partial charge is 0.317 e.